The van der Waals surface area contributed by atoms with Crippen LogP contribution in [-0.2, 0) is 6.18 Å². The van der Waals surface area contributed by atoms with Crippen molar-refractivity contribution in [3.63, 3.8) is 0 Å². The second-order valence-corrected chi connectivity index (χ2v) is 3.17. The molecule has 0 N–H and O–H groups in total. The van der Waals surface area contributed by atoms with E-state index in [0.29, 0.717) is 0 Å². The lowest BCUT2D eigenvalue weighted by atomic mass is 10.2. The van der Waals surface area contributed by atoms with Crippen LogP contribution in [0.1, 0.15) is 11.3 Å². The third-order valence-corrected chi connectivity index (χ3v) is 2.08. The molecule has 0 saturated carbocycles. The smallest absolute Gasteiger partial charge is 0.236 e. The second-order valence-electron chi connectivity index (χ2n) is 2.14. The van der Waals surface area contributed by atoms with Gasteiger partial charge in [0.25, 0.3) is 0 Å². The summed E-state index contributed by atoms with van der Waals surface area (Å²) >= 11 is 1.59. The van der Waals surface area contributed by atoms with E-state index in [4.69, 9.17) is 5.26 Å². The van der Waals surface area contributed by atoms with E-state index in [1.807, 2.05) is 0 Å². The normalized spacial score (nSPS) is 11.0. The Balaban J connectivity index is 3.20. The molecule has 1 aromatic heterocycles. The van der Waals surface area contributed by atoms with E-state index in [-0.39, 0.29) is 9.26 Å². The molecule has 13 heavy (non-hydrogen) atoms. The second kappa shape index (κ2) is 3.49. The van der Waals surface area contributed by atoms with Gasteiger partial charge in [0.05, 0.1) is 5.56 Å². The Bertz CT molecular complexity index is 367. The summed E-state index contributed by atoms with van der Waals surface area (Å²) in [4.78, 5) is 3.25. The first-order valence-corrected chi connectivity index (χ1v) is 4.17. The Morgan fingerprint density at radius 3 is 2.38 bits per heavy atom. The highest BCUT2D eigenvalue weighted by molar-refractivity contribution is 14.1. The Morgan fingerprint density at radius 2 is 2.00 bits per heavy atom. The Kier molecular flexibility index (Phi) is 2.75. The van der Waals surface area contributed by atoms with E-state index in [2.05, 4.69) is 4.98 Å². The first kappa shape index (κ1) is 10.2. The van der Waals surface area contributed by atoms with Gasteiger partial charge in [0.15, 0.2) is 0 Å². The molecular formula is C7H2F3IN2. The van der Waals surface area contributed by atoms with E-state index in [1.54, 1.807) is 28.7 Å². The molecule has 6 heteroatoms. The molecule has 0 radical (unpaired) electrons. The summed E-state index contributed by atoms with van der Waals surface area (Å²) in [6, 6.07) is 3.64. The maximum atomic E-state index is 12.1. The molecule has 0 unspecified atom stereocenters. The van der Waals surface area contributed by atoms with Crippen LogP contribution in [0.25, 0.3) is 0 Å². The predicted molar refractivity (Wildman–Crippen MR) is 46.7 cm³/mol. The fourth-order valence-electron chi connectivity index (χ4n) is 0.676. The molecule has 0 amide bonds. The first-order valence-electron chi connectivity index (χ1n) is 3.09. The molecule has 0 saturated heterocycles. The quantitative estimate of drug-likeness (QED) is 0.545. The minimum Gasteiger partial charge on any atom is -0.236 e. The Morgan fingerprint density at radius 1 is 1.38 bits per heavy atom. The standard InChI is InChI=1S/C7H2F3IN2/c8-7(9,10)5-2-1-4(3-12)6(11)13-5/h1-2H. The molecule has 0 aliphatic carbocycles. The van der Waals surface area contributed by atoms with Crippen LogP contribution in [-0.4, -0.2) is 4.98 Å². The summed E-state index contributed by atoms with van der Waals surface area (Å²) < 4.78 is 36.2. The molecule has 1 heterocycles. The molecule has 0 aliphatic heterocycles. The van der Waals surface area contributed by atoms with Crippen molar-refractivity contribution in [2.24, 2.45) is 0 Å². The topological polar surface area (TPSA) is 36.7 Å². The van der Waals surface area contributed by atoms with Gasteiger partial charge in [-0.2, -0.15) is 18.4 Å². The fraction of sp³-hybridized carbons (Fsp3) is 0.143. The molecule has 0 bridgehead atoms. The van der Waals surface area contributed by atoms with Crippen molar-refractivity contribution in [2.75, 3.05) is 0 Å². The highest BCUT2D eigenvalue weighted by atomic mass is 127. The van der Waals surface area contributed by atoms with Crippen LogP contribution in [0.15, 0.2) is 12.1 Å². The number of nitriles is 1. The molecule has 0 aromatic carbocycles. The van der Waals surface area contributed by atoms with Crippen LogP contribution >= 0.6 is 22.6 Å². The number of halogens is 4. The molecule has 1 rings (SSSR count). The first-order chi connectivity index (χ1) is 5.95. The van der Waals surface area contributed by atoms with Gasteiger partial charge < -0.3 is 0 Å². The fourth-order valence-corrected chi connectivity index (χ4v) is 1.24. The van der Waals surface area contributed by atoms with Crippen LogP contribution in [0.3, 0.4) is 0 Å². The third kappa shape index (κ3) is 2.30. The van der Waals surface area contributed by atoms with Gasteiger partial charge in [-0.25, -0.2) is 4.98 Å². The minimum atomic E-state index is -4.45. The number of alkyl halides is 3. The lowest BCUT2D eigenvalue weighted by molar-refractivity contribution is -0.141. The molecule has 0 atom stereocenters. The molecular weight excluding hydrogens is 296 g/mol. The lowest BCUT2D eigenvalue weighted by Crippen LogP contribution is -2.09. The van der Waals surface area contributed by atoms with Gasteiger partial charge in [0, 0.05) is 0 Å². The molecule has 2 nitrogen and oxygen atoms in total. The van der Waals surface area contributed by atoms with Gasteiger partial charge in [0.1, 0.15) is 15.5 Å². The van der Waals surface area contributed by atoms with Crippen molar-refractivity contribution in [2.45, 2.75) is 6.18 Å². The van der Waals surface area contributed by atoms with Gasteiger partial charge in [0.2, 0.25) is 0 Å². The monoisotopic (exact) mass is 298 g/mol. The third-order valence-electron chi connectivity index (χ3n) is 1.26. The zero-order chi connectivity index (χ0) is 10.1. The summed E-state index contributed by atoms with van der Waals surface area (Å²) in [5.74, 6) is 0. The maximum absolute atomic E-state index is 12.1. The van der Waals surface area contributed by atoms with Crippen molar-refractivity contribution < 1.29 is 13.2 Å². The van der Waals surface area contributed by atoms with Crippen LogP contribution in [0.2, 0.25) is 0 Å². The van der Waals surface area contributed by atoms with Crippen molar-refractivity contribution in [1.82, 2.24) is 4.98 Å². The largest absolute Gasteiger partial charge is 0.433 e. The molecule has 0 fully saturated rings. The average molecular weight is 298 g/mol. The lowest BCUT2D eigenvalue weighted by Gasteiger charge is -2.05. The number of hydrogen-bond acceptors (Lipinski definition) is 2. The number of hydrogen-bond donors (Lipinski definition) is 0. The summed E-state index contributed by atoms with van der Waals surface area (Å²) in [5.41, 5.74) is -0.829. The summed E-state index contributed by atoms with van der Waals surface area (Å²) in [6.45, 7) is 0. The molecule has 1 aromatic rings. The van der Waals surface area contributed by atoms with Crippen molar-refractivity contribution >= 4 is 22.6 Å². The Labute approximate surface area is 85.5 Å². The van der Waals surface area contributed by atoms with Crippen molar-refractivity contribution in [1.29, 1.82) is 5.26 Å². The maximum Gasteiger partial charge on any atom is 0.433 e. The zero-order valence-corrected chi connectivity index (χ0v) is 8.22. The SMILES string of the molecule is N#Cc1ccc(C(F)(F)F)nc1I. The highest BCUT2D eigenvalue weighted by Crippen LogP contribution is 2.28. The van der Waals surface area contributed by atoms with Gasteiger partial charge in [-0.3, -0.25) is 0 Å². The molecule has 0 spiro atoms. The van der Waals surface area contributed by atoms with E-state index in [9.17, 15) is 13.2 Å². The Hall–Kier alpha value is -0.840. The van der Waals surface area contributed by atoms with Gasteiger partial charge in [-0.1, -0.05) is 0 Å². The minimum absolute atomic E-state index is 0.0647. The number of nitrogens with zero attached hydrogens (tertiary/aromatic N) is 2. The van der Waals surface area contributed by atoms with Crippen LogP contribution in [0, 0.1) is 15.0 Å². The van der Waals surface area contributed by atoms with Crippen LogP contribution < -0.4 is 0 Å². The van der Waals surface area contributed by atoms with Crippen LogP contribution in [0.4, 0.5) is 13.2 Å². The average Bonchev–Trinajstić information content (AvgIpc) is 2.02. The van der Waals surface area contributed by atoms with E-state index in [1.165, 1.54) is 0 Å². The van der Waals surface area contributed by atoms with E-state index >= 15 is 0 Å². The van der Waals surface area contributed by atoms with Crippen molar-refractivity contribution in [3.05, 3.63) is 27.1 Å². The zero-order valence-electron chi connectivity index (χ0n) is 6.06. The molecule has 68 valence electrons. The summed E-state index contributed by atoms with van der Waals surface area (Å²) in [7, 11) is 0. The van der Waals surface area contributed by atoms with Gasteiger partial charge in [-0.05, 0) is 34.7 Å². The number of pyridine rings is 1. The van der Waals surface area contributed by atoms with Crippen LogP contribution in [0.5, 0.6) is 0 Å². The van der Waals surface area contributed by atoms with Gasteiger partial charge >= 0.3 is 6.18 Å². The van der Waals surface area contributed by atoms with Crippen molar-refractivity contribution in [3.8, 4) is 6.07 Å². The van der Waals surface area contributed by atoms with E-state index in [0.717, 1.165) is 12.1 Å². The summed E-state index contributed by atoms with van der Waals surface area (Å²) in [5, 5.41) is 8.44. The number of aromatic nitrogens is 1. The van der Waals surface area contributed by atoms with E-state index < -0.39 is 11.9 Å². The molecule has 0 aliphatic rings. The van der Waals surface area contributed by atoms with Gasteiger partial charge in [-0.15, -0.1) is 0 Å². The highest BCUT2D eigenvalue weighted by Gasteiger charge is 2.32. The predicted octanol–water partition coefficient (Wildman–Crippen LogP) is 2.58. The number of rotatable bonds is 0. The summed E-state index contributed by atoms with van der Waals surface area (Å²) in [6.07, 6.45) is -4.45.